The number of methoxy groups -OCH3 is 2. The monoisotopic (exact) mass is 472 g/mol. The molecule has 5 nitrogen and oxygen atoms in total. The van der Waals surface area contributed by atoms with Gasteiger partial charge >= 0.3 is 0 Å². The number of aromatic nitrogens is 2. The Hall–Kier alpha value is -3.11. The molecule has 1 unspecified atom stereocenters. The van der Waals surface area contributed by atoms with Crippen LogP contribution in [0.2, 0.25) is 0 Å². The summed E-state index contributed by atoms with van der Waals surface area (Å²) in [7, 11) is 0.391. The molecule has 0 saturated carbocycles. The zero-order chi connectivity index (χ0) is 23.5. The summed E-state index contributed by atoms with van der Waals surface area (Å²) in [5, 5.41) is 2.67. The number of fused-ring (bicyclic) bond motifs is 3. The predicted molar refractivity (Wildman–Crippen MR) is 134 cm³/mol. The zero-order valence-corrected chi connectivity index (χ0v) is 20.4. The van der Waals surface area contributed by atoms with Crippen molar-refractivity contribution >= 4 is 23.1 Å². The molecule has 0 spiro atoms. The molecule has 0 amide bonds. The van der Waals surface area contributed by atoms with Crippen molar-refractivity contribution in [1.29, 1.82) is 0 Å². The summed E-state index contributed by atoms with van der Waals surface area (Å²) in [5.74, 6) is 0. The van der Waals surface area contributed by atoms with Gasteiger partial charge in [-0.15, -0.1) is 0 Å². The fraction of sp³-hybridized carbons (Fsp3) is 0.214. The van der Waals surface area contributed by atoms with Gasteiger partial charge in [-0.2, -0.15) is 0 Å². The summed E-state index contributed by atoms with van der Waals surface area (Å²) in [5.41, 5.74) is 4.26. The Labute approximate surface area is 200 Å². The van der Waals surface area contributed by atoms with Crippen molar-refractivity contribution in [2.45, 2.75) is 13.1 Å². The molecule has 34 heavy (non-hydrogen) atoms. The van der Waals surface area contributed by atoms with Gasteiger partial charge in [-0.1, -0.05) is 42.5 Å². The van der Waals surface area contributed by atoms with Crippen molar-refractivity contribution in [3.8, 4) is 22.3 Å². The Morgan fingerprint density at radius 3 is 2.06 bits per heavy atom. The second kappa shape index (κ2) is 9.63. The van der Waals surface area contributed by atoms with Crippen molar-refractivity contribution < 1.29 is 23.2 Å². The zero-order valence-electron chi connectivity index (χ0n) is 19.6. The maximum atomic E-state index is 15.0. The second-order valence-corrected chi connectivity index (χ2v) is 11.2. The molecule has 1 aliphatic heterocycles. The summed E-state index contributed by atoms with van der Waals surface area (Å²) < 4.78 is 29.6. The van der Waals surface area contributed by atoms with Gasteiger partial charge in [0, 0.05) is 48.6 Å². The molecule has 2 aromatic carbocycles. The number of ether oxygens (including phenoxy) is 2. The lowest BCUT2D eigenvalue weighted by molar-refractivity contribution is -0.698. The molecule has 3 heterocycles. The lowest BCUT2D eigenvalue weighted by Gasteiger charge is -2.15. The summed E-state index contributed by atoms with van der Waals surface area (Å²) in [6, 6.07) is 22.5. The van der Waals surface area contributed by atoms with E-state index in [-0.39, 0.29) is 0 Å². The van der Waals surface area contributed by atoms with Gasteiger partial charge in [-0.3, -0.25) is 0 Å². The largest absolute Gasteiger partial charge is 0.378 e. The fourth-order valence-electron chi connectivity index (χ4n) is 4.58. The van der Waals surface area contributed by atoms with E-state index in [4.69, 9.17) is 9.47 Å². The van der Waals surface area contributed by atoms with Crippen molar-refractivity contribution in [3.63, 3.8) is 0 Å². The number of rotatable bonds is 8. The van der Waals surface area contributed by atoms with Crippen LogP contribution in [0, 0.1) is 0 Å². The summed E-state index contributed by atoms with van der Waals surface area (Å²) >= 11 is 0. The minimum Gasteiger partial charge on any atom is -0.378 e. The van der Waals surface area contributed by atoms with Gasteiger partial charge in [0.15, 0.2) is 45.0 Å². The van der Waals surface area contributed by atoms with E-state index in [2.05, 4.69) is 57.9 Å². The maximum Gasteiger partial charge on any atom is 0.180 e. The van der Waals surface area contributed by atoms with Crippen LogP contribution in [0.5, 0.6) is 0 Å². The third kappa shape index (κ3) is 4.01. The molecule has 172 valence electrons. The van der Waals surface area contributed by atoms with Gasteiger partial charge in [0.2, 0.25) is 0 Å². The highest BCUT2D eigenvalue weighted by molar-refractivity contribution is 7.86. The molecule has 0 N–H and O–H groups in total. The van der Waals surface area contributed by atoms with E-state index in [1.54, 1.807) is 14.2 Å². The normalized spacial score (nSPS) is 16.3. The van der Waals surface area contributed by atoms with Crippen LogP contribution < -0.4 is 25.0 Å². The van der Waals surface area contributed by atoms with Gasteiger partial charge in [0.1, 0.15) is 13.2 Å². The smallest absolute Gasteiger partial charge is 0.180 e. The molecule has 0 saturated heterocycles. The van der Waals surface area contributed by atoms with Gasteiger partial charge in [0.05, 0.1) is 5.30 Å². The van der Waals surface area contributed by atoms with Crippen molar-refractivity contribution in [3.05, 3.63) is 91.5 Å². The van der Waals surface area contributed by atoms with E-state index in [0.717, 1.165) is 44.7 Å². The number of hydrogen-bond acceptors (Lipinski definition) is 3. The molecule has 4 aromatic rings. The first-order chi connectivity index (χ1) is 16.6. The van der Waals surface area contributed by atoms with E-state index in [0.29, 0.717) is 19.8 Å². The van der Waals surface area contributed by atoms with Gasteiger partial charge in [-0.05, 0) is 22.8 Å². The maximum absolute atomic E-state index is 15.0. The van der Waals surface area contributed by atoms with Crippen LogP contribution in [-0.2, 0) is 27.1 Å². The topological polar surface area (TPSA) is 43.3 Å². The SMILES string of the molecule is COCC[n+]1ccc(-c2ccc3c(c2)P(=O)(c2ccccc2)c2c[n+](CCOC)ccc2-3)cc1. The van der Waals surface area contributed by atoms with E-state index >= 15 is 0 Å². The quantitative estimate of drug-likeness (QED) is 0.258. The van der Waals surface area contributed by atoms with Crippen molar-refractivity contribution in [1.82, 2.24) is 0 Å². The number of benzene rings is 2. The number of nitrogens with zero attached hydrogens (tertiary/aromatic N) is 2. The lowest BCUT2D eigenvalue weighted by atomic mass is 10.0. The van der Waals surface area contributed by atoms with Crippen molar-refractivity contribution in [2.24, 2.45) is 0 Å². The van der Waals surface area contributed by atoms with Crippen molar-refractivity contribution in [2.75, 3.05) is 27.4 Å². The average Bonchev–Trinajstić information content (AvgIpc) is 3.15. The Balaban J connectivity index is 1.62. The minimum absolute atomic E-state index is 0.606. The van der Waals surface area contributed by atoms with Crippen LogP contribution in [0.4, 0.5) is 0 Å². The molecule has 0 aliphatic carbocycles. The second-order valence-electron chi connectivity index (χ2n) is 8.47. The third-order valence-electron chi connectivity index (χ3n) is 6.41. The number of pyridine rings is 2. The van der Waals surface area contributed by atoms with Crippen LogP contribution in [0.15, 0.2) is 91.5 Å². The standard InChI is InChI=1S/C28H29N2O3P/c1-32-18-16-29-13-10-22(11-14-29)23-8-9-25-26-12-15-30(17-19-33-2)21-28(26)34(31,27(25)20-23)24-6-4-3-5-7-24/h3-15,20-21H,16-19H2,1-2H3/q+2. The van der Waals surface area contributed by atoms with Crippen LogP contribution in [0.25, 0.3) is 22.3 Å². The summed E-state index contributed by atoms with van der Waals surface area (Å²) in [6.07, 6.45) is 8.22. The van der Waals surface area contributed by atoms with Crippen LogP contribution in [-0.4, -0.2) is 27.4 Å². The first kappa shape index (κ1) is 22.7. The average molecular weight is 473 g/mol. The first-order valence-electron chi connectivity index (χ1n) is 11.5. The fourth-order valence-corrected chi connectivity index (χ4v) is 7.69. The molecular weight excluding hydrogens is 443 g/mol. The Bertz CT molecular complexity index is 1350. The predicted octanol–water partition coefficient (Wildman–Crippen LogP) is 2.84. The van der Waals surface area contributed by atoms with Gasteiger partial charge in [0.25, 0.3) is 0 Å². The summed E-state index contributed by atoms with van der Waals surface area (Å²) in [4.78, 5) is 0. The molecule has 0 bridgehead atoms. The van der Waals surface area contributed by atoms with Gasteiger partial charge in [-0.25, -0.2) is 9.13 Å². The number of hydrogen-bond donors (Lipinski definition) is 0. The summed E-state index contributed by atoms with van der Waals surface area (Å²) in [6.45, 7) is 2.80. The Kier molecular flexibility index (Phi) is 6.42. The third-order valence-corrected chi connectivity index (χ3v) is 9.52. The molecule has 5 rings (SSSR count). The van der Waals surface area contributed by atoms with Crippen LogP contribution >= 0.6 is 7.14 Å². The lowest BCUT2D eigenvalue weighted by Crippen LogP contribution is -2.39. The molecule has 1 aliphatic rings. The highest BCUT2D eigenvalue weighted by atomic mass is 31.2. The molecule has 0 fully saturated rings. The van der Waals surface area contributed by atoms with Crippen LogP contribution in [0.3, 0.4) is 0 Å². The van der Waals surface area contributed by atoms with E-state index in [1.165, 1.54) is 0 Å². The highest BCUT2D eigenvalue weighted by Gasteiger charge is 2.42. The molecule has 1 atom stereocenters. The van der Waals surface area contributed by atoms with Crippen LogP contribution in [0.1, 0.15) is 0 Å². The van der Waals surface area contributed by atoms with E-state index in [1.807, 2.05) is 42.7 Å². The van der Waals surface area contributed by atoms with E-state index < -0.39 is 7.14 Å². The molecule has 6 heteroatoms. The highest BCUT2D eigenvalue weighted by Crippen LogP contribution is 2.52. The Morgan fingerprint density at radius 2 is 1.35 bits per heavy atom. The molecule has 2 aromatic heterocycles. The minimum atomic E-state index is -3.02. The first-order valence-corrected chi connectivity index (χ1v) is 13.2. The molecule has 0 radical (unpaired) electrons. The van der Waals surface area contributed by atoms with E-state index in [9.17, 15) is 4.57 Å². The molecular formula is C28H29N2O3P+2. The Morgan fingerprint density at radius 1 is 0.706 bits per heavy atom. The van der Waals surface area contributed by atoms with Gasteiger partial charge < -0.3 is 14.0 Å².